The van der Waals surface area contributed by atoms with Crippen molar-refractivity contribution in [3.8, 4) is 140 Å². The van der Waals surface area contributed by atoms with Crippen molar-refractivity contribution in [2.45, 2.75) is 0 Å². The van der Waals surface area contributed by atoms with Crippen molar-refractivity contribution in [1.29, 1.82) is 0 Å². The van der Waals surface area contributed by atoms with Crippen LogP contribution in [0.3, 0.4) is 0 Å². The Bertz CT molecular complexity index is 8850. The van der Waals surface area contributed by atoms with Gasteiger partial charge in [0.05, 0.1) is 33.1 Å². The molecule has 0 saturated carbocycles. The van der Waals surface area contributed by atoms with Gasteiger partial charge in [-0.1, -0.05) is 400 Å². The molecule has 632 valence electrons. The third kappa shape index (κ3) is 15.2. The molecule has 6 heterocycles. The van der Waals surface area contributed by atoms with E-state index in [1.807, 2.05) is 37.2 Å². The lowest BCUT2D eigenvalue weighted by molar-refractivity contribution is 0.990. The highest BCUT2D eigenvalue weighted by molar-refractivity contribution is 6.20. The molecule has 0 aliphatic heterocycles. The topological polar surface area (TPSA) is 92.1 Å². The molecular weight excluding hydrogens is 1640 g/mol. The van der Waals surface area contributed by atoms with Crippen LogP contribution in [0.1, 0.15) is 0 Å². The standard InChI is InChI=1S/2C44H29N3.C38H25N3/c1-3-11-30(12-4-1)35-25-36(31-13-5-2-6-14-31)27-37(26-35)32-19-21-33(22-20-32)38-28-45-44(46-29-38)47-42-18-10-9-17-40(42)41-24-23-34-15-7-8-16-39(34)43(41)47;1-3-11-30(12-4-1)32-19-21-33(22-20-32)36-25-35(31-13-5-2-6-14-31)26-37(27-36)38-28-45-44(46-29-38)47-42-18-10-9-17-40(42)41-24-23-34-15-7-8-16-39(34)43(41)47;1-2-12-26(13-3-1)30-16-6-8-18-32(30)33-19-9-7-17-31(33)29-24-39-38(40-25-29)41-36-21-11-10-20-34(36)35-22-27-14-4-5-15-28(27)23-37(35)41/h2*1-29H;1-25H. The van der Waals surface area contributed by atoms with Crippen molar-refractivity contribution in [3.63, 3.8) is 0 Å². The molecule has 0 aliphatic carbocycles. The smallest absolute Gasteiger partial charge is 0.234 e. The van der Waals surface area contributed by atoms with Gasteiger partial charge in [0.2, 0.25) is 17.8 Å². The van der Waals surface area contributed by atoms with Crippen LogP contribution in [0.5, 0.6) is 0 Å². The van der Waals surface area contributed by atoms with E-state index in [0.717, 1.165) is 83.2 Å². The molecule has 9 nitrogen and oxygen atoms in total. The van der Waals surface area contributed by atoms with E-state index < -0.39 is 0 Å². The second kappa shape index (κ2) is 35.0. The number of hydrogen-bond donors (Lipinski definition) is 0. The van der Waals surface area contributed by atoms with Crippen molar-refractivity contribution in [2.75, 3.05) is 0 Å². The highest BCUT2D eigenvalue weighted by Gasteiger charge is 2.23. The zero-order valence-corrected chi connectivity index (χ0v) is 73.4. The van der Waals surface area contributed by atoms with E-state index in [4.69, 9.17) is 29.9 Å². The first-order chi connectivity index (χ1) is 66.9. The Hall–Kier alpha value is -18.2. The van der Waals surface area contributed by atoms with E-state index in [0.29, 0.717) is 17.8 Å². The number of rotatable bonds is 14. The number of para-hydroxylation sites is 3. The summed E-state index contributed by atoms with van der Waals surface area (Å²) in [5.74, 6) is 1.99. The van der Waals surface area contributed by atoms with Gasteiger partial charge < -0.3 is 0 Å². The maximum atomic E-state index is 5.01. The highest BCUT2D eigenvalue weighted by Crippen LogP contribution is 2.44. The van der Waals surface area contributed by atoms with E-state index in [2.05, 4.69) is 481 Å². The second-order valence-corrected chi connectivity index (χ2v) is 34.1. The molecule has 0 radical (unpaired) electrons. The van der Waals surface area contributed by atoms with Crippen LogP contribution in [0.25, 0.3) is 238 Å². The molecular formula is C126H83N9. The molecule has 6 aromatic heterocycles. The number of benzene rings is 20. The van der Waals surface area contributed by atoms with Gasteiger partial charge in [-0.05, 0) is 194 Å². The Labute approximate surface area is 780 Å². The summed E-state index contributed by atoms with van der Waals surface area (Å²) in [6, 6.07) is 165. The fraction of sp³-hybridized carbons (Fsp3) is 0. The average Bonchev–Trinajstić information content (AvgIpc) is 1.60. The van der Waals surface area contributed by atoms with Crippen LogP contribution in [-0.2, 0) is 0 Å². The van der Waals surface area contributed by atoms with Crippen LogP contribution in [0, 0.1) is 0 Å². The van der Waals surface area contributed by atoms with Gasteiger partial charge in [-0.3, -0.25) is 13.7 Å². The van der Waals surface area contributed by atoms with Crippen LogP contribution in [0.15, 0.2) is 504 Å². The third-order valence-electron chi connectivity index (χ3n) is 26.1. The Balaban J connectivity index is 0.000000111. The van der Waals surface area contributed by atoms with Crippen LogP contribution >= 0.6 is 0 Å². The molecule has 0 bridgehead atoms. The van der Waals surface area contributed by atoms with Crippen LogP contribution in [-0.4, -0.2) is 43.6 Å². The first kappa shape index (κ1) is 80.2. The average molecular weight is 1720 g/mol. The highest BCUT2D eigenvalue weighted by atomic mass is 15.2. The summed E-state index contributed by atoms with van der Waals surface area (Å²) in [6.45, 7) is 0. The van der Waals surface area contributed by atoms with E-state index in [1.165, 1.54) is 137 Å². The fourth-order valence-electron chi connectivity index (χ4n) is 19.5. The molecule has 0 saturated heterocycles. The van der Waals surface area contributed by atoms with Gasteiger partial charge in [-0.2, -0.15) is 0 Å². The van der Waals surface area contributed by atoms with Gasteiger partial charge in [0.1, 0.15) is 0 Å². The Morgan fingerprint density at radius 1 is 0.126 bits per heavy atom. The molecule has 9 heteroatoms. The van der Waals surface area contributed by atoms with E-state index in [-0.39, 0.29) is 0 Å². The number of hydrogen-bond acceptors (Lipinski definition) is 6. The Morgan fingerprint density at radius 2 is 0.378 bits per heavy atom. The lowest BCUT2D eigenvalue weighted by Crippen LogP contribution is -2.01. The van der Waals surface area contributed by atoms with Crippen LogP contribution in [0.2, 0.25) is 0 Å². The zero-order chi connectivity index (χ0) is 89.5. The minimum absolute atomic E-state index is 0.659. The number of aromatic nitrogens is 9. The quantitative estimate of drug-likeness (QED) is 0.108. The van der Waals surface area contributed by atoms with Crippen molar-refractivity contribution >= 4 is 97.7 Å². The number of nitrogens with zero attached hydrogens (tertiary/aromatic N) is 9. The van der Waals surface area contributed by atoms with Crippen molar-refractivity contribution in [3.05, 3.63) is 504 Å². The molecule has 135 heavy (non-hydrogen) atoms. The maximum Gasteiger partial charge on any atom is 0.234 e. The fourth-order valence-corrected chi connectivity index (χ4v) is 19.5. The molecule has 0 aliphatic rings. The molecule has 0 fully saturated rings. The van der Waals surface area contributed by atoms with Crippen LogP contribution in [0.4, 0.5) is 0 Å². The third-order valence-corrected chi connectivity index (χ3v) is 26.1. The second-order valence-electron chi connectivity index (χ2n) is 34.1. The lowest BCUT2D eigenvalue weighted by Gasteiger charge is -2.15. The van der Waals surface area contributed by atoms with E-state index in [9.17, 15) is 0 Å². The summed E-state index contributed by atoms with van der Waals surface area (Å²) >= 11 is 0. The molecule has 0 spiro atoms. The van der Waals surface area contributed by atoms with Crippen molar-refractivity contribution in [1.82, 2.24) is 43.6 Å². The summed E-state index contributed by atoms with van der Waals surface area (Å²) in [7, 11) is 0. The Morgan fingerprint density at radius 3 is 0.778 bits per heavy atom. The molecule has 0 unspecified atom stereocenters. The number of fused-ring (bicyclic) bond motifs is 14. The predicted molar refractivity (Wildman–Crippen MR) is 561 cm³/mol. The first-order valence-electron chi connectivity index (χ1n) is 45.6. The maximum absolute atomic E-state index is 5.01. The zero-order valence-electron chi connectivity index (χ0n) is 73.4. The lowest BCUT2D eigenvalue weighted by atomic mass is 9.90. The minimum atomic E-state index is 0.659. The summed E-state index contributed by atoms with van der Waals surface area (Å²) in [5.41, 5.74) is 31.8. The largest absolute Gasteiger partial charge is 0.278 e. The summed E-state index contributed by atoms with van der Waals surface area (Å²) in [4.78, 5) is 29.8. The Kier molecular flexibility index (Phi) is 20.8. The van der Waals surface area contributed by atoms with Gasteiger partial charge in [0.25, 0.3) is 0 Å². The minimum Gasteiger partial charge on any atom is -0.278 e. The summed E-state index contributed by atoms with van der Waals surface area (Å²) in [6.07, 6.45) is 11.7. The SMILES string of the molecule is c1ccc(-c2cc(-c3ccccc3)cc(-c3ccc(-c4cnc(-n5c6ccccc6c6ccc7ccccc7c65)nc4)cc3)c2)cc1.c1ccc(-c2ccc(-c3cc(-c4ccccc4)cc(-c4cnc(-n5c6ccccc6c6ccc7ccccc7c65)nc4)c3)cc2)cc1.c1ccc(-c2ccccc2-c2ccccc2-c2cnc(-n3c4ccccc4c4cc5ccccc5cc43)nc2)cc1. The van der Waals surface area contributed by atoms with Crippen molar-refractivity contribution in [2.24, 2.45) is 0 Å². The molecule has 0 N–H and O–H groups in total. The molecule has 0 amide bonds. The first-order valence-corrected chi connectivity index (χ1v) is 45.6. The van der Waals surface area contributed by atoms with Gasteiger partial charge in [0.15, 0.2) is 0 Å². The van der Waals surface area contributed by atoms with Gasteiger partial charge in [-0.25, -0.2) is 29.9 Å². The molecule has 20 aromatic carbocycles. The van der Waals surface area contributed by atoms with Crippen LogP contribution < -0.4 is 0 Å². The molecule has 26 aromatic rings. The molecule has 0 atom stereocenters. The monoisotopic (exact) mass is 1720 g/mol. The summed E-state index contributed by atoms with van der Waals surface area (Å²) < 4.78 is 6.58. The van der Waals surface area contributed by atoms with E-state index >= 15 is 0 Å². The van der Waals surface area contributed by atoms with Gasteiger partial charge >= 0.3 is 0 Å². The van der Waals surface area contributed by atoms with Gasteiger partial charge in [-0.15, -0.1) is 0 Å². The van der Waals surface area contributed by atoms with E-state index in [1.54, 1.807) is 0 Å². The van der Waals surface area contributed by atoms with Gasteiger partial charge in [0, 0.05) is 97.0 Å². The summed E-state index contributed by atoms with van der Waals surface area (Å²) in [5, 5.41) is 14.4. The predicted octanol–water partition coefficient (Wildman–Crippen LogP) is 32.5. The van der Waals surface area contributed by atoms with Crippen molar-refractivity contribution < 1.29 is 0 Å². The molecule has 26 rings (SSSR count). The normalized spacial score (nSPS) is 11.4.